The van der Waals surface area contributed by atoms with Crippen molar-refractivity contribution in [1.29, 1.82) is 0 Å². The fourth-order valence-electron chi connectivity index (χ4n) is 7.44. The van der Waals surface area contributed by atoms with Crippen LogP contribution in [0.4, 0.5) is 11.4 Å². The third kappa shape index (κ3) is 5.25. The molecule has 4 heterocycles. The van der Waals surface area contributed by atoms with E-state index in [9.17, 15) is 19.8 Å². The van der Waals surface area contributed by atoms with E-state index in [1.165, 1.54) is 0 Å². The fourth-order valence-corrected chi connectivity index (χ4v) is 7.44. The number of ether oxygens (including phenoxy) is 1. The van der Waals surface area contributed by atoms with Crippen LogP contribution in [0.25, 0.3) is 0 Å². The summed E-state index contributed by atoms with van der Waals surface area (Å²) in [4.78, 5) is 30.6. The Morgan fingerprint density at radius 3 is 2.58 bits per heavy atom. The first-order valence-corrected chi connectivity index (χ1v) is 15.3. The minimum Gasteiger partial charge on any atom is -0.396 e. The Kier molecular flexibility index (Phi) is 7.87. The van der Waals surface area contributed by atoms with Crippen LogP contribution >= 0.6 is 0 Å². The maximum Gasteiger partial charge on any atom is 0.264 e. The van der Waals surface area contributed by atoms with Gasteiger partial charge in [-0.25, -0.2) is 0 Å². The molecule has 2 N–H and O–H groups in total. The van der Waals surface area contributed by atoms with Crippen molar-refractivity contribution in [2.75, 3.05) is 23.0 Å². The van der Waals surface area contributed by atoms with Crippen molar-refractivity contribution in [2.24, 2.45) is 11.8 Å². The maximum absolute atomic E-state index is 14.5. The van der Waals surface area contributed by atoms with E-state index < -0.39 is 17.3 Å². The minimum atomic E-state index is -1.23. The van der Waals surface area contributed by atoms with Gasteiger partial charge in [-0.2, -0.15) is 0 Å². The monoisotopic (exact) mass is 587 g/mol. The van der Waals surface area contributed by atoms with E-state index in [1.54, 1.807) is 23.4 Å². The molecule has 2 amide bonds. The lowest BCUT2D eigenvalue weighted by molar-refractivity contribution is -0.146. The largest absolute Gasteiger partial charge is 0.396 e. The van der Waals surface area contributed by atoms with E-state index in [4.69, 9.17) is 4.74 Å². The van der Waals surface area contributed by atoms with Crippen LogP contribution < -0.4 is 9.80 Å². The Bertz CT molecular complexity index is 1480. The van der Waals surface area contributed by atoms with Crippen molar-refractivity contribution in [1.82, 2.24) is 15.0 Å². The highest BCUT2D eigenvalue weighted by Gasteiger charge is 2.65. The first-order valence-electron chi connectivity index (χ1n) is 15.3. The third-order valence-corrected chi connectivity index (χ3v) is 9.40. The number of benzene rings is 2. The second-order valence-electron chi connectivity index (χ2n) is 12.7. The van der Waals surface area contributed by atoms with Crippen molar-refractivity contribution in [3.05, 3.63) is 71.5 Å². The van der Waals surface area contributed by atoms with Crippen LogP contribution in [0, 0.1) is 11.8 Å². The summed E-state index contributed by atoms with van der Waals surface area (Å²) in [5, 5.41) is 28.9. The van der Waals surface area contributed by atoms with Crippen LogP contribution in [-0.2, 0) is 39.4 Å². The number of carbonyl (C=O) groups is 2. The van der Waals surface area contributed by atoms with E-state index in [2.05, 4.69) is 10.3 Å². The number of para-hydroxylation sites is 1. The molecule has 0 radical (unpaired) electrons. The standard InChI is InChI=1S/C33H41N5O5/c1-22-30(32(2,3)42)28(15-18-36-21-24(16-19-39)34-35-36)43-33(22)26-8-4-5-9-27(26)38(31(33)41)20-23-11-13-25(14-12-23)37-17-7-6-10-29(37)40/h4-5,8-9,11-14,21-22,28,30,39,42H,6-7,10,15-20H2,1-3H3/t22-,28+,30-,33+/m1/s1. The average molecular weight is 588 g/mol. The van der Waals surface area contributed by atoms with E-state index in [-0.39, 0.29) is 30.3 Å². The molecule has 6 rings (SSSR count). The van der Waals surface area contributed by atoms with Crippen LogP contribution in [0.1, 0.15) is 63.3 Å². The number of aliphatic hydroxyl groups is 2. The first-order chi connectivity index (χ1) is 20.6. The summed E-state index contributed by atoms with van der Waals surface area (Å²) < 4.78 is 8.58. The molecule has 228 valence electrons. The number of anilines is 2. The number of piperidine rings is 1. The molecule has 2 saturated heterocycles. The molecular formula is C33H41N5O5. The fraction of sp³-hybridized carbons (Fsp3) is 0.515. The van der Waals surface area contributed by atoms with E-state index in [0.717, 1.165) is 41.9 Å². The highest BCUT2D eigenvalue weighted by Crippen LogP contribution is 2.57. The molecule has 0 bridgehead atoms. The van der Waals surface area contributed by atoms with E-state index in [0.29, 0.717) is 38.0 Å². The smallest absolute Gasteiger partial charge is 0.264 e. The number of rotatable bonds is 9. The molecule has 0 saturated carbocycles. The molecule has 10 heteroatoms. The number of hydrogen-bond acceptors (Lipinski definition) is 7. The Morgan fingerprint density at radius 1 is 1.09 bits per heavy atom. The maximum atomic E-state index is 14.5. The summed E-state index contributed by atoms with van der Waals surface area (Å²) in [6.45, 7) is 7.20. The molecule has 2 fully saturated rings. The van der Waals surface area contributed by atoms with Gasteiger partial charge in [-0.1, -0.05) is 42.5 Å². The zero-order chi connectivity index (χ0) is 30.4. The van der Waals surface area contributed by atoms with Gasteiger partial charge in [0.2, 0.25) is 5.91 Å². The molecule has 1 spiro atoms. The summed E-state index contributed by atoms with van der Waals surface area (Å²) in [5.74, 6) is -0.586. The predicted octanol–water partition coefficient (Wildman–Crippen LogP) is 3.58. The lowest BCUT2D eigenvalue weighted by Gasteiger charge is -2.34. The number of aliphatic hydroxyl groups excluding tert-OH is 1. The van der Waals surface area contributed by atoms with Gasteiger partial charge in [-0.05, 0) is 56.9 Å². The Hall–Kier alpha value is -3.60. The van der Waals surface area contributed by atoms with E-state index >= 15 is 0 Å². The summed E-state index contributed by atoms with van der Waals surface area (Å²) in [6.07, 6.45) is 4.90. The Labute approximate surface area is 252 Å². The molecule has 0 aliphatic carbocycles. The van der Waals surface area contributed by atoms with Crippen molar-refractivity contribution in [3.8, 4) is 0 Å². The summed E-state index contributed by atoms with van der Waals surface area (Å²) in [7, 11) is 0. The van der Waals surface area contributed by atoms with Crippen LogP contribution in [0.2, 0.25) is 0 Å². The summed E-state index contributed by atoms with van der Waals surface area (Å²) in [5.41, 5.74) is 1.88. The molecule has 10 nitrogen and oxygen atoms in total. The van der Waals surface area contributed by atoms with Gasteiger partial charge in [-0.15, -0.1) is 5.10 Å². The second kappa shape index (κ2) is 11.5. The normalized spacial score (nSPS) is 25.7. The Morgan fingerprint density at radius 2 is 1.86 bits per heavy atom. The van der Waals surface area contributed by atoms with E-state index in [1.807, 2.05) is 66.6 Å². The lowest BCUT2D eigenvalue weighted by Crippen LogP contribution is -2.46. The Balaban J connectivity index is 1.27. The van der Waals surface area contributed by atoms with Crippen molar-refractivity contribution >= 4 is 23.2 Å². The highest BCUT2D eigenvalue weighted by atomic mass is 16.5. The van der Waals surface area contributed by atoms with Gasteiger partial charge in [0.25, 0.3) is 5.91 Å². The lowest BCUT2D eigenvalue weighted by atomic mass is 9.71. The molecule has 43 heavy (non-hydrogen) atoms. The molecule has 3 aliphatic rings. The van der Waals surface area contributed by atoms with Gasteiger partial charge in [0, 0.05) is 61.8 Å². The number of hydrogen-bond donors (Lipinski definition) is 2. The van der Waals surface area contributed by atoms with Crippen LogP contribution in [0.3, 0.4) is 0 Å². The molecule has 4 atom stereocenters. The first kappa shape index (κ1) is 29.5. The highest BCUT2D eigenvalue weighted by molar-refractivity contribution is 6.07. The summed E-state index contributed by atoms with van der Waals surface area (Å²) in [6, 6.07) is 15.7. The molecule has 0 unspecified atom stereocenters. The number of nitrogens with zero attached hydrogens (tertiary/aromatic N) is 5. The average Bonchev–Trinajstić information content (AvgIpc) is 3.63. The minimum absolute atomic E-state index is 0.00548. The second-order valence-corrected chi connectivity index (χ2v) is 12.7. The van der Waals surface area contributed by atoms with Crippen molar-refractivity contribution in [2.45, 2.75) is 83.3 Å². The quantitative estimate of drug-likeness (QED) is 0.393. The van der Waals surface area contributed by atoms with Gasteiger partial charge in [0.05, 0.1) is 29.6 Å². The molecule has 3 aliphatic heterocycles. The molecule has 2 aromatic carbocycles. The van der Waals surface area contributed by atoms with Gasteiger partial charge >= 0.3 is 0 Å². The zero-order valence-electron chi connectivity index (χ0n) is 25.1. The van der Waals surface area contributed by atoms with Crippen molar-refractivity contribution < 1.29 is 24.5 Å². The topological polar surface area (TPSA) is 121 Å². The number of amides is 2. The SMILES string of the molecule is C[C@@H]1[C@@H](C(C)(C)O)[C@H](CCn2cc(CCO)nn2)O[C@@]12C(=O)N(Cc1ccc(N3CCCCC3=O)cc1)c1ccccc12. The van der Waals surface area contributed by atoms with Crippen molar-refractivity contribution in [3.63, 3.8) is 0 Å². The van der Waals surface area contributed by atoms with Crippen LogP contribution in [-0.4, -0.2) is 61.9 Å². The predicted molar refractivity (Wildman–Crippen MR) is 161 cm³/mol. The van der Waals surface area contributed by atoms with Gasteiger partial charge in [0.1, 0.15) is 0 Å². The van der Waals surface area contributed by atoms with Gasteiger partial charge in [-0.3, -0.25) is 14.3 Å². The number of aromatic nitrogens is 3. The third-order valence-electron chi connectivity index (χ3n) is 9.40. The van der Waals surface area contributed by atoms with Crippen LogP contribution in [0.5, 0.6) is 0 Å². The molecule has 1 aromatic heterocycles. The van der Waals surface area contributed by atoms with Gasteiger partial charge in [0.15, 0.2) is 5.60 Å². The number of aryl methyl sites for hydroxylation is 1. The zero-order valence-corrected chi connectivity index (χ0v) is 25.1. The molecular weight excluding hydrogens is 546 g/mol. The van der Waals surface area contributed by atoms with Crippen LogP contribution in [0.15, 0.2) is 54.7 Å². The number of carbonyl (C=O) groups excluding carboxylic acids is 2. The van der Waals surface area contributed by atoms with Gasteiger partial charge < -0.3 is 24.7 Å². The summed E-state index contributed by atoms with van der Waals surface area (Å²) >= 11 is 0. The number of fused-ring (bicyclic) bond motifs is 2. The molecule has 3 aromatic rings.